The molecule has 6 aliphatic rings. The molecule has 10 N–H and O–H groups in total. The van der Waals surface area contributed by atoms with Crippen LogP contribution in [0.5, 0.6) is 0 Å². The second-order valence-corrected chi connectivity index (χ2v) is 18.7. The van der Waals surface area contributed by atoms with E-state index in [4.69, 9.17) is 18.9 Å². The van der Waals surface area contributed by atoms with E-state index in [1.54, 1.807) is 0 Å². The van der Waals surface area contributed by atoms with Crippen LogP contribution in [0.3, 0.4) is 0 Å². The lowest BCUT2D eigenvalue weighted by Gasteiger charge is -2.66. The van der Waals surface area contributed by atoms with Crippen LogP contribution in [0, 0.1) is 52.3 Å². The number of aliphatic hydroxyl groups is 10. The molecule has 0 spiro atoms. The van der Waals surface area contributed by atoms with Crippen LogP contribution in [0.2, 0.25) is 0 Å². The molecule has 4 saturated carbocycles. The number of hydrogen-bond donors (Lipinski definition) is 10. The molecule has 6 rings (SSSR count). The Kier molecular flexibility index (Phi) is 12.7. The van der Waals surface area contributed by atoms with E-state index in [0.29, 0.717) is 31.6 Å². The van der Waals surface area contributed by atoms with Gasteiger partial charge in [-0.1, -0.05) is 41.0 Å². The van der Waals surface area contributed by atoms with Crippen LogP contribution < -0.4 is 0 Å². The number of ether oxygens (including phenoxy) is 4. The lowest BCUT2D eigenvalue weighted by molar-refractivity contribution is -0.343. The van der Waals surface area contributed by atoms with Gasteiger partial charge in [0.2, 0.25) is 0 Å². The standard InChI is InChI=1S/C39H68O14/c1-18(2)20(10-13-50-36-33(31(47)26(44)17-52-36)53-35-32(48)30(46)25(43)16-51-35)7-6-19(3)21-14-23(41)34-37(21,4)12-9-27-38(5)11-8-22(40)29(45)28(38)24(42)15-39(27,34)49/h18-36,40-49H,6-17H2,1-5H3/t19-,20+,21-,22+,23-,24+,25-,26-,27-,28?,29+,30+,31+,32-,33-,34-,35+,36-,37-,38-,39+/m1/s1. The second-order valence-electron chi connectivity index (χ2n) is 18.7. The summed E-state index contributed by atoms with van der Waals surface area (Å²) in [6.07, 6.45) is -8.59. The van der Waals surface area contributed by atoms with Crippen molar-refractivity contribution in [1.29, 1.82) is 0 Å². The van der Waals surface area contributed by atoms with Gasteiger partial charge < -0.3 is 70.0 Å². The normalized spacial score (nSPS) is 52.8. The van der Waals surface area contributed by atoms with E-state index in [9.17, 15) is 51.1 Å². The molecular formula is C39H68O14. The molecule has 53 heavy (non-hydrogen) atoms. The van der Waals surface area contributed by atoms with Crippen molar-refractivity contribution in [1.82, 2.24) is 0 Å². The number of rotatable bonds is 11. The Hall–Kier alpha value is -0.560. The van der Waals surface area contributed by atoms with Gasteiger partial charge in [0, 0.05) is 18.3 Å². The molecule has 0 amide bonds. The predicted molar refractivity (Wildman–Crippen MR) is 189 cm³/mol. The average molecular weight is 761 g/mol. The zero-order valence-corrected chi connectivity index (χ0v) is 32.1. The second kappa shape index (κ2) is 16.0. The quantitative estimate of drug-likeness (QED) is 0.134. The van der Waals surface area contributed by atoms with Crippen LogP contribution in [0.4, 0.5) is 0 Å². The molecule has 0 radical (unpaired) electrons. The van der Waals surface area contributed by atoms with Crippen molar-refractivity contribution in [2.45, 2.75) is 172 Å². The summed E-state index contributed by atoms with van der Waals surface area (Å²) >= 11 is 0. The van der Waals surface area contributed by atoms with Crippen LogP contribution in [0.15, 0.2) is 0 Å². The monoisotopic (exact) mass is 760 g/mol. The highest BCUT2D eigenvalue weighted by molar-refractivity contribution is 5.21. The minimum Gasteiger partial charge on any atom is -0.393 e. The molecule has 6 fully saturated rings. The van der Waals surface area contributed by atoms with Crippen molar-refractivity contribution < 1.29 is 70.0 Å². The maximum atomic E-state index is 12.6. The van der Waals surface area contributed by atoms with Gasteiger partial charge >= 0.3 is 0 Å². The number of aliphatic hydroxyl groups excluding tert-OH is 9. The van der Waals surface area contributed by atoms with E-state index < -0.39 is 96.5 Å². The zero-order valence-electron chi connectivity index (χ0n) is 32.1. The molecule has 2 saturated heterocycles. The van der Waals surface area contributed by atoms with Crippen LogP contribution in [0.1, 0.15) is 92.4 Å². The van der Waals surface area contributed by atoms with Gasteiger partial charge in [0.05, 0.1) is 49.8 Å². The molecule has 14 heteroatoms. The molecule has 0 aromatic rings. The summed E-state index contributed by atoms with van der Waals surface area (Å²) in [5, 5.41) is 108. The Bertz CT molecular complexity index is 1230. The fraction of sp³-hybridized carbons (Fsp3) is 1.00. The molecule has 0 bridgehead atoms. The predicted octanol–water partition coefficient (Wildman–Crippen LogP) is 0.0310. The summed E-state index contributed by atoms with van der Waals surface area (Å²) in [4.78, 5) is 0. The third-order valence-corrected chi connectivity index (χ3v) is 15.4. The van der Waals surface area contributed by atoms with Gasteiger partial charge in [0.25, 0.3) is 0 Å². The fourth-order valence-electron chi connectivity index (χ4n) is 12.4. The third kappa shape index (κ3) is 7.50. The summed E-state index contributed by atoms with van der Waals surface area (Å²) in [5.74, 6) is -0.113. The van der Waals surface area contributed by atoms with Gasteiger partial charge in [-0.15, -0.1) is 0 Å². The van der Waals surface area contributed by atoms with Gasteiger partial charge in [-0.05, 0) is 85.4 Å². The van der Waals surface area contributed by atoms with Gasteiger partial charge in [0.1, 0.15) is 36.6 Å². The average Bonchev–Trinajstić information content (AvgIpc) is 3.37. The largest absolute Gasteiger partial charge is 0.393 e. The lowest BCUT2D eigenvalue weighted by Crippen LogP contribution is -2.70. The van der Waals surface area contributed by atoms with Gasteiger partial charge in [-0.2, -0.15) is 0 Å². The van der Waals surface area contributed by atoms with Crippen molar-refractivity contribution >= 4 is 0 Å². The third-order valence-electron chi connectivity index (χ3n) is 15.4. The SMILES string of the molecule is CC(C)[C@H](CCO[C@@H]1OC[C@@H](O)[C@H](O)[C@H]1O[C@@H]1OC[C@@H](O)[C@H](O)[C@H]1O)CC[C@@H](C)[C@H]1C[C@@H](O)[C@@H]2[C@]1(C)CC[C@H]1[C@@]2(O)C[C@H](O)C2[C@@H](O)[C@@H](O)CC[C@@]21C. The zero-order chi connectivity index (χ0) is 38.8. The molecule has 4 aliphatic carbocycles. The number of hydrogen-bond acceptors (Lipinski definition) is 14. The first-order chi connectivity index (χ1) is 24.8. The molecule has 0 aromatic heterocycles. The first kappa shape index (κ1) is 42.1. The van der Waals surface area contributed by atoms with E-state index in [1.165, 1.54) is 0 Å². The minimum atomic E-state index is -1.58. The van der Waals surface area contributed by atoms with Crippen molar-refractivity contribution in [2.75, 3.05) is 19.8 Å². The Balaban J connectivity index is 1.07. The van der Waals surface area contributed by atoms with E-state index in [2.05, 4.69) is 34.6 Å². The maximum Gasteiger partial charge on any atom is 0.186 e. The Morgan fingerprint density at radius 2 is 1.32 bits per heavy atom. The van der Waals surface area contributed by atoms with Crippen molar-refractivity contribution in [3.05, 3.63) is 0 Å². The summed E-state index contributed by atoms with van der Waals surface area (Å²) in [6.45, 7) is 10.6. The van der Waals surface area contributed by atoms with Gasteiger partial charge in [-0.25, -0.2) is 0 Å². The Morgan fingerprint density at radius 1 is 0.679 bits per heavy atom. The first-order valence-electron chi connectivity index (χ1n) is 20.2. The van der Waals surface area contributed by atoms with Crippen molar-refractivity contribution in [3.8, 4) is 0 Å². The molecule has 1 unspecified atom stereocenters. The molecule has 308 valence electrons. The molecule has 0 aromatic carbocycles. The van der Waals surface area contributed by atoms with Gasteiger partial charge in [-0.3, -0.25) is 0 Å². The van der Waals surface area contributed by atoms with Crippen LogP contribution in [0.25, 0.3) is 0 Å². The molecule has 2 aliphatic heterocycles. The first-order valence-corrected chi connectivity index (χ1v) is 20.2. The molecular weight excluding hydrogens is 692 g/mol. The lowest BCUT2D eigenvalue weighted by atomic mass is 9.41. The van der Waals surface area contributed by atoms with Crippen molar-refractivity contribution in [3.63, 3.8) is 0 Å². The summed E-state index contributed by atoms with van der Waals surface area (Å²) in [7, 11) is 0. The molecule has 14 nitrogen and oxygen atoms in total. The van der Waals surface area contributed by atoms with E-state index in [-0.39, 0.29) is 55.3 Å². The summed E-state index contributed by atoms with van der Waals surface area (Å²) < 4.78 is 22.9. The van der Waals surface area contributed by atoms with Crippen LogP contribution >= 0.6 is 0 Å². The van der Waals surface area contributed by atoms with Crippen LogP contribution in [-0.2, 0) is 18.9 Å². The topological polar surface area (TPSA) is 239 Å². The van der Waals surface area contributed by atoms with E-state index in [0.717, 1.165) is 25.7 Å². The Labute approximate surface area is 313 Å². The van der Waals surface area contributed by atoms with Crippen LogP contribution in [-0.4, -0.2) is 150 Å². The highest BCUT2D eigenvalue weighted by atomic mass is 16.7. The van der Waals surface area contributed by atoms with E-state index in [1.807, 2.05) is 0 Å². The summed E-state index contributed by atoms with van der Waals surface area (Å²) in [5.41, 5.74) is -2.16. The molecule has 2 heterocycles. The number of fused-ring (bicyclic) bond motifs is 5. The summed E-state index contributed by atoms with van der Waals surface area (Å²) in [6, 6.07) is 0. The minimum absolute atomic E-state index is 0.0848. The highest BCUT2D eigenvalue weighted by Crippen LogP contribution is 2.70. The fourth-order valence-corrected chi connectivity index (χ4v) is 12.4. The van der Waals surface area contributed by atoms with Gasteiger partial charge in [0.15, 0.2) is 12.6 Å². The molecule has 21 atom stereocenters. The maximum absolute atomic E-state index is 12.6. The van der Waals surface area contributed by atoms with E-state index >= 15 is 0 Å². The van der Waals surface area contributed by atoms with Crippen molar-refractivity contribution in [2.24, 2.45) is 52.3 Å². The smallest absolute Gasteiger partial charge is 0.186 e. The highest BCUT2D eigenvalue weighted by Gasteiger charge is 2.71. The Morgan fingerprint density at radius 3 is 2.00 bits per heavy atom.